The summed E-state index contributed by atoms with van der Waals surface area (Å²) in [4.78, 5) is 19.2. The maximum atomic E-state index is 13.4. The van der Waals surface area contributed by atoms with Crippen LogP contribution >= 0.6 is 0 Å². The number of nitrogens with one attached hydrogen (secondary N) is 1. The molecule has 0 spiro atoms. The molecule has 2 aromatic heterocycles. The molecule has 1 saturated carbocycles. The van der Waals surface area contributed by atoms with Crippen molar-refractivity contribution >= 4 is 17.5 Å². The number of carbonyl (C=O) groups is 1. The average Bonchev–Trinajstić information content (AvgIpc) is 3.37. The number of hydrogen-bond donors (Lipinski definition) is 2. The van der Waals surface area contributed by atoms with Crippen LogP contribution in [0, 0.1) is 6.92 Å². The number of nitrogens with zero attached hydrogens (tertiary/aromatic N) is 4. The number of primary amides is 1. The lowest BCUT2D eigenvalue weighted by atomic mass is 10.0. The Labute approximate surface area is 156 Å². The Morgan fingerprint density at radius 3 is 2.50 bits per heavy atom. The highest BCUT2D eigenvalue weighted by atomic mass is 19.4. The van der Waals surface area contributed by atoms with Crippen molar-refractivity contribution in [1.29, 1.82) is 0 Å². The van der Waals surface area contributed by atoms with Crippen LogP contribution in [0.15, 0.2) is 12.4 Å². The molecular formula is C16H17F5N6O. The number of aromatic nitrogens is 4. The van der Waals surface area contributed by atoms with Gasteiger partial charge in [0.05, 0.1) is 28.8 Å². The van der Waals surface area contributed by atoms with Crippen LogP contribution in [0.2, 0.25) is 0 Å². The molecule has 1 aliphatic carbocycles. The Morgan fingerprint density at radius 1 is 1.36 bits per heavy atom. The summed E-state index contributed by atoms with van der Waals surface area (Å²) in [5.41, 5.74) is 2.09. The van der Waals surface area contributed by atoms with Crippen molar-refractivity contribution < 1.29 is 26.7 Å². The van der Waals surface area contributed by atoms with Gasteiger partial charge in [0.2, 0.25) is 5.95 Å². The molecule has 1 fully saturated rings. The first-order valence-electron chi connectivity index (χ1n) is 8.30. The van der Waals surface area contributed by atoms with Crippen LogP contribution in [-0.4, -0.2) is 32.1 Å². The van der Waals surface area contributed by atoms with Gasteiger partial charge < -0.3 is 11.1 Å². The number of rotatable bonds is 6. The zero-order valence-corrected chi connectivity index (χ0v) is 14.9. The minimum absolute atomic E-state index is 0.107. The Hall–Kier alpha value is -2.79. The molecule has 1 atom stereocenters. The second-order valence-electron chi connectivity index (χ2n) is 6.77. The highest BCUT2D eigenvalue weighted by Gasteiger charge is 2.44. The second kappa shape index (κ2) is 6.67. The fourth-order valence-corrected chi connectivity index (χ4v) is 2.60. The molecule has 2 heterocycles. The van der Waals surface area contributed by atoms with Gasteiger partial charge in [0.1, 0.15) is 0 Å². The summed E-state index contributed by atoms with van der Waals surface area (Å²) < 4.78 is 66.8. The van der Waals surface area contributed by atoms with Crippen molar-refractivity contribution in [3.8, 4) is 0 Å². The molecule has 152 valence electrons. The van der Waals surface area contributed by atoms with Gasteiger partial charge in [0.15, 0.2) is 5.54 Å². The topological polar surface area (TPSA) is 98.7 Å². The van der Waals surface area contributed by atoms with Crippen molar-refractivity contribution in [2.45, 2.75) is 50.7 Å². The average molecular weight is 404 g/mol. The third-order valence-corrected chi connectivity index (χ3v) is 4.63. The van der Waals surface area contributed by atoms with Crippen molar-refractivity contribution in [2.75, 3.05) is 5.32 Å². The molecule has 0 bridgehead atoms. The van der Waals surface area contributed by atoms with E-state index in [9.17, 15) is 26.7 Å². The first kappa shape index (κ1) is 20.0. The van der Waals surface area contributed by atoms with E-state index >= 15 is 0 Å². The third-order valence-electron chi connectivity index (χ3n) is 4.63. The predicted molar refractivity (Wildman–Crippen MR) is 88.1 cm³/mol. The molecule has 7 nitrogen and oxygen atoms in total. The van der Waals surface area contributed by atoms with E-state index in [1.54, 1.807) is 0 Å². The maximum Gasteiger partial charge on any atom is 0.419 e. The standard InChI is InChI=1S/C16H17F5N6O/c1-7-10(6-27(26-7)15(2,12(17)18)13(22)28)24-14-23-5-9(16(19,20)21)11(25-14)8-3-4-8/h5-6,8,12H,3-4H2,1-2H3,(H2,22,28)(H,23,24,25)/t15-/m1/s1. The van der Waals surface area contributed by atoms with Crippen LogP contribution in [0.4, 0.5) is 33.6 Å². The van der Waals surface area contributed by atoms with Gasteiger partial charge in [-0.25, -0.2) is 23.4 Å². The quantitative estimate of drug-likeness (QED) is 0.721. The molecule has 3 rings (SSSR count). The summed E-state index contributed by atoms with van der Waals surface area (Å²) >= 11 is 0. The molecular weight excluding hydrogens is 387 g/mol. The van der Waals surface area contributed by atoms with E-state index in [1.807, 2.05) is 0 Å². The molecule has 0 radical (unpaired) electrons. The van der Waals surface area contributed by atoms with Gasteiger partial charge in [0.25, 0.3) is 12.3 Å². The van der Waals surface area contributed by atoms with E-state index in [4.69, 9.17) is 5.73 Å². The van der Waals surface area contributed by atoms with Crippen molar-refractivity contribution in [1.82, 2.24) is 19.7 Å². The summed E-state index contributed by atoms with van der Waals surface area (Å²) in [5.74, 6) is -1.70. The zero-order chi connectivity index (χ0) is 20.9. The van der Waals surface area contributed by atoms with Crippen LogP contribution in [0.1, 0.15) is 42.6 Å². The predicted octanol–water partition coefficient (Wildman–Crippen LogP) is 3.09. The normalized spacial score (nSPS) is 16.9. The van der Waals surface area contributed by atoms with Gasteiger partial charge in [-0.1, -0.05) is 0 Å². The number of hydrogen-bond acceptors (Lipinski definition) is 5. The van der Waals surface area contributed by atoms with Gasteiger partial charge in [0, 0.05) is 12.1 Å². The molecule has 2 aromatic rings. The first-order chi connectivity index (χ1) is 12.9. The Bertz CT molecular complexity index is 907. The van der Waals surface area contributed by atoms with Gasteiger partial charge in [-0.15, -0.1) is 0 Å². The largest absolute Gasteiger partial charge is 0.419 e. The summed E-state index contributed by atoms with van der Waals surface area (Å²) in [5, 5.41) is 6.56. The molecule has 0 aromatic carbocycles. The number of alkyl halides is 5. The van der Waals surface area contributed by atoms with Crippen molar-refractivity contribution in [3.05, 3.63) is 29.3 Å². The summed E-state index contributed by atoms with van der Waals surface area (Å²) in [6.07, 6.45) is -4.69. The van der Waals surface area contributed by atoms with E-state index in [2.05, 4.69) is 20.4 Å². The number of carbonyl (C=O) groups excluding carboxylic acids is 1. The fraction of sp³-hybridized carbons (Fsp3) is 0.500. The monoisotopic (exact) mass is 404 g/mol. The highest BCUT2D eigenvalue weighted by molar-refractivity contribution is 5.83. The molecule has 1 aliphatic rings. The summed E-state index contributed by atoms with van der Waals surface area (Å²) in [6.45, 7) is 2.41. The van der Waals surface area contributed by atoms with Gasteiger partial charge in [-0.2, -0.15) is 18.3 Å². The number of aryl methyl sites for hydroxylation is 1. The minimum Gasteiger partial charge on any atom is -0.367 e. The van der Waals surface area contributed by atoms with Gasteiger partial charge in [-0.3, -0.25) is 4.79 Å². The van der Waals surface area contributed by atoms with Crippen LogP contribution < -0.4 is 11.1 Å². The smallest absolute Gasteiger partial charge is 0.367 e. The molecule has 0 aliphatic heterocycles. The van der Waals surface area contributed by atoms with Crippen molar-refractivity contribution in [3.63, 3.8) is 0 Å². The van der Waals surface area contributed by atoms with Crippen LogP contribution in [-0.2, 0) is 16.5 Å². The number of halogens is 5. The minimum atomic E-state index is -4.57. The Morgan fingerprint density at radius 2 is 2.00 bits per heavy atom. The van der Waals surface area contributed by atoms with Gasteiger partial charge in [-0.05, 0) is 26.7 Å². The van der Waals surface area contributed by atoms with E-state index in [1.165, 1.54) is 6.92 Å². The first-order valence-corrected chi connectivity index (χ1v) is 8.30. The molecule has 3 N–H and O–H groups in total. The molecule has 0 saturated heterocycles. The number of amides is 1. The number of anilines is 2. The zero-order valence-electron chi connectivity index (χ0n) is 14.9. The lowest BCUT2D eigenvalue weighted by Gasteiger charge is -2.25. The molecule has 0 unspecified atom stereocenters. The Kier molecular flexibility index (Phi) is 4.76. The summed E-state index contributed by atoms with van der Waals surface area (Å²) in [6, 6.07) is 0. The SMILES string of the molecule is Cc1nn([C@@](C)(C(N)=O)C(F)F)cc1Nc1ncc(C(F)(F)F)c(C2CC2)n1. The third kappa shape index (κ3) is 3.50. The lowest BCUT2D eigenvalue weighted by molar-refractivity contribution is -0.138. The summed E-state index contributed by atoms with van der Waals surface area (Å²) in [7, 11) is 0. The van der Waals surface area contributed by atoms with Crippen LogP contribution in [0.25, 0.3) is 0 Å². The lowest BCUT2D eigenvalue weighted by Crippen LogP contribution is -2.49. The van der Waals surface area contributed by atoms with Crippen molar-refractivity contribution in [2.24, 2.45) is 5.73 Å². The Balaban J connectivity index is 1.94. The van der Waals surface area contributed by atoms with Crippen LogP contribution in [0.5, 0.6) is 0 Å². The molecule has 1 amide bonds. The maximum absolute atomic E-state index is 13.4. The van der Waals surface area contributed by atoms with E-state index < -0.39 is 29.6 Å². The number of nitrogens with two attached hydrogens (primary N) is 1. The van der Waals surface area contributed by atoms with E-state index in [0.29, 0.717) is 19.0 Å². The molecule has 28 heavy (non-hydrogen) atoms. The van der Waals surface area contributed by atoms with E-state index in [-0.39, 0.29) is 28.9 Å². The van der Waals surface area contributed by atoms with Crippen LogP contribution in [0.3, 0.4) is 0 Å². The highest BCUT2D eigenvalue weighted by Crippen LogP contribution is 2.45. The van der Waals surface area contributed by atoms with Gasteiger partial charge >= 0.3 is 6.18 Å². The molecule has 12 heteroatoms. The fourth-order valence-electron chi connectivity index (χ4n) is 2.60. The van der Waals surface area contributed by atoms with E-state index in [0.717, 1.165) is 17.8 Å². The second-order valence-corrected chi connectivity index (χ2v) is 6.77.